The fourth-order valence-corrected chi connectivity index (χ4v) is 4.76. The molecular weight excluding hydrogens is 450 g/mol. The molecule has 2 heterocycles. The smallest absolute Gasteiger partial charge is 0.140 e. The maximum Gasteiger partial charge on any atom is 0.140 e. The number of benzene rings is 2. The van der Waals surface area contributed by atoms with Crippen molar-refractivity contribution in [3.63, 3.8) is 0 Å². The van der Waals surface area contributed by atoms with Crippen molar-refractivity contribution in [1.29, 1.82) is 0 Å². The highest BCUT2D eigenvalue weighted by Gasteiger charge is 2.16. The average Bonchev–Trinajstić information content (AvgIpc) is 3.05. The summed E-state index contributed by atoms with van der Waals surface area (Å²) in [6.45, 7) is 6.17. The van der Waals surface area contributed by atoms with E-state index in [-0.39, 0.29) is 0 Å². The van der Waals surface area contributed by atoms with Gasteiger partial charge in [0, 0.05) is 46.6 Å². The molecule has 3 heteroatoms. The Labute approximate surface area is 218 Å². The zero-order chi connectivity index (χ0) is 25.8. The molecular formula is C34H27N3. The predicted octanol–water partition coefficient (Wildman–Crippen LogP) is 8.02. The molecule has 0 radical (unpaired) electrons. The lowest BCUT2D eigenvalue weighted by Gasteiger charge is -2.12. The molecule has 3 nitrogen and oxygen atoms in total. The number of allylic oxidation sites excluding steroid dienone is 6. The topological polar surface area (TPSA) is 30.2 Å². The van der Waals surface area contributed by atoms with Crippen LogP contribution >= 0.6 is 0 Å². The number of hydrogen-bond acceptors (Lipinski definition) is 2. The van der Waals surface area contributed by atoms with Gasteiger partial charge in [0.1, 0.15) is 5.82 Å². The van der Waals surface area contributed by atoms with E-state index in [1.807, 2.05) is 55.8 Å². The number of terminal acetylenes is 1. The van der Waals surface area contributed by atoms with Gasteiger partial charge in [0.15, 0.2) is 0 Å². The first kappa shape index (κ1) is 23.9. The monoisotopic (exact) mass is 477 g/mol. The summed E-state index contributed by atoms with van der Waals surface area (Å²) in [5, 5.41) is 1.16. The summed E-state index contributed by atoms with van der Waals surface area (Å²) < 4.78 is 2.21. The molecule has 0 N–H and O–H groups in total. The second-order valence-electron chi connectivity index (χ2n) is 8.92. The summed E-state index contributed by atoms with van der Waals surface area (Å²) in [7, 11) is 0. The van der Waals surface area contributed by atoms with E-state index in [2.05, 4.69) is 78.6 Å². The molecule has 0 spiro atoms. The molecule has 5 rings (SSSR count). The third kappa shape index (κ3) is 4.56. The second kappa shape index (κ2) is 10.4. The Morgan fingerprint density at radius 2 is 1.95 bits per heavy atom. The standard InChI is InChI=1S/C34H27N3/c1-5-13-30(29-17-12-7-9-14-24(29)3)27-18-20-32(36-23-27)26-19-21-33-31(22-26)25(4)34(35-6-2)37(33)28-15-10-8-11-16-28/h1,6,8,10-13,15-23H,14H2,2-4H3/b30-13-,35-6-. The highest BCUT2D eigenvalue weighted by Crippen LogP contribution is 2.37. The van der Waals surface area contributed by atoms with E-state index in [9.17, 15) is 0 Å². The molecule has 178 valence electrons. The fourth-order valence-electron chi connectivity index (χ4n) is 4.76. The molecule has 1 aliphatic carbocycles. The molecule has 37 heavy (non-hydrogen) atoms. The predicted molar refractivity (Wildman–Crippen MR) is 156 cm³/mol. The van der Waals surface area contributed by atoms with Crippen LogP contribution in [0.2, 0.25) is 0 Å². The first-order chi connectivity index (χ1) is 18.1. The van der Waals surface area contributed by atoms with E-state index in [1.54, 1.807) is 0 Å². The molecule has 0 saturated carbocycles. The molecule has 0 bridgehead atoms. The number of aliphatic imine (C=N–C) groups is 1. The summed E-state index contributed by atoms with van der Waals surface area (Å²) in [6.07, 6.45) is 15.9. The van der Waals surface area contributed by atoms with Crippen LogP contribution in [-0.4, -0.2) is 15.8 Å². The minimum absolute atomic E-state index is 0.724. The Hall–Kier alpha value is -4.86. The number of hydrogen-bond donors (Lipinski definition) is 0. The van der Waals surface area contributed by atoms with Gasteiger partial charge in [0.25, 0.3) is 0 Å². The van der Waals surface area contributed by atoms with Crippen molar-refractivity contribution in [3.05, 3.63) is 107 Å². The molecule has 0 unspecified atom stereocenters. The number of para-hydroxylation sites is 1. The van der Waals surface area contributed by atoms with Crippen LogP contribution in [0.1, 0.15) is 31.4 Å². The van der Waals surface area contributed by atoms with Gasteiger partial charge >= 0.3 is 0 Å². The van der Waals surface area contributed by atoms with Gasteiger partial charge in [0.05, 0.1) is 11.2 Å². The molecule has 4 aromatic rings. The number of pyridine rings is 1. The van der Waals surface area contributed by atoms with Crippen molar-refractivity contribution in [2.24, 2.45) is 4.99 Å². The Morgan fingerprint density at radius 1 is 1.11 bits per heavy atom. The van der Waals surface area contributed by atoms with Crippen LogP contribution in [0, 0.1) is 31.1 Å². The van der Waals surface area contributed by atoms with Crippen molar-refractivity contribution in [1.82, 2.24) is 9.55 Å². The number of aromatic nitrogens is 2. The van der Waals surface area contributed by atoms with Gasteiger partial charge in [-0.3, -0.25) is 9.55 Å². The lowest BCUT2D eigenvalue weighted by Crippen LogP contribution is -1.94. The van der Waals surface area contributed by atoms with Gasteiger partial charge in [-0.15, -0.1) is 6.42 Å². The van der Waals surface area contributed by atoms with Crippen LogP contribution < -0.4 is 0 Å². The van der Waals surface area contributed by atoms with E-state index in [0.29, 0.717) is 0 Å². The van der Waals surface area contributed by atoms with Gasteiger partial charge in [-0.05, 0) is 80.5 Å². The Kier molecular flexibility index (Phi) is 6.71. The highest BCUT2D eigenvalue weighted by atomic mass is 15.1. The molecule has 0 atom stereocenters. The minimum atomic E-state index is 0.724. The summed E-state index contributed by atoms with van der Waals surface area (Å²) in [5.41, 5.74) is 9.56. The van der Waals surface area contributed by atoms with E-state index in [1.165, 1.54) is 5.57 Å². The van der Waals surface area contributed by atoms with Crippen LogP contribution in [-0.2, 0) is 0 Å². The van der Waals surface area contributed by atoms with Crippen molar-refractivity contribution in [2.45, 2.75) is 27.2 Å². The lowest BCUT2D eigenvalue weighted by atomic mass is 9.93. The number of nitrogens with zero attached hydrogens (tertiary/aromatic N) is 3. The van der Waals surface area contributed by atoms with E-state index >= 15 is 0 Å². The molecule has 2 aromatic carbocycles. The number of aryl methyl sites for hydroxylation is 1. The summed E-state index contributed by atoms with van der Waals surface area (Å²) in [5.74, 6) is 9.84. The van der Waals surface area contributed by atoms with Crippen LogP contribution in [0.3, 0.4) is 0 Å². The van der Waals surface area contributed by atoms with Gasteiger partial charge in [0.2, 0.25) is 0 Å². The molecule has 0 amide bonds. The number of fused-ring (bicyclic) bond motifs is 1. The maximum atomic E-state index is 5.69. The van der Waals surface area contributed by atoms with Gasteiger partial charge in [-0.25, -0.2) is 4.99 Å². The zero-order valence-electron chi connectivity index (χ0n) is 21.3. The third-order valence-electron chi connectivity index (χ3n) is 6.59. The first-order valence-electron chi connectivity index (χ1n) is 12.3. The largest absolute Gasteiger partial charge is 0.294 e. The quantitative estimate of drug-likeness (QED) is 0.211. The Morgan fingerprint density at radius 3 is 2.68 bits per heavy atom. The first-order valence-corrected chi connectivity index (χ1v) is 12.3. The molecule has 0 saturated heterocycles. The molecule has 0 fully saturated rings. The Bertz CT molecular complexity index is 1710. The van der Waals surface area contributed by atoms with E-state index in [0.717, 1.165) is 62.4 Å². The van der Waals surface area contributed by atoms with Crippen LogP contribution in [0.15, 0.2) is 101 Å². The van der Waals surface area contributed by atoms with E-state index < -0.39 is 0 Å². The summed E-state index contributed by atoms with van der Waals surface area (Å²) in [4.78, 5) is 9.54. The summed E-state index contributed by atoms with van der Waals surface area (Å²) >= 11 is 0. The maximum absolute atomic E-state index is 5.69. The van der Waals surface area contributed by atoms with Gasteiger partial charge in [-0.1, -0.05) is 53.7 Å². The molecule has 0 aliphatic heterocycles. The van der Waals surface area contributed by atoms with Gasteiger partial charge < -0.3 is 0 Å². The zero-order valence-corrected chi connectivity index (χ0v) is 21.3. The third-order valence-corrected chi connectivity index (χ3v) is 6.59. The SMILES string of the molecule is C#C/C=C(\C1=C(C)CC#CC=C1)c1ccc(-c2ccc3c(c2)c(C)c(/N=C\C)n3-c2ccccc2)nc1. The average molecular weight is 478 g/mol. The van der Waals surface area contributed by atoms with Crippen LogP contribution in [0.5, 0.6) is 0 Å². The Balaban J connectivity index is 1.57. The van der Waals surface area contributed by atoms with Crippen molar-refractivity contribution >= 4 is 28.5 Å². The molecule has 2 aromatic heterocycles. The fraction of sp³-hybridized carbons (Fsp3) is 0.118. The number of rotatable bonds is 5. The van der Waals surface area contributed by atoms with Gasteiger partial charge in [-0.2, -0.15) is 0 Å². The van der Waals surface area contributed by atoms with Crippen molar-refractivity contribution in [2.75, 3.05) is 0 Å². The second-order valence-corrected chi connectivity index (χ2v) is 8.92. The van der Waals surface area contributed by atoms with Crippen LogP contribution in [0.4, 0.5) is 5.82 Å². The highest BCUT2D eigenvalue weighted by molar-refractivity contribution is 5.94. The minimum Gasteiger partial charge on any atom is -0.294 e. The summed E-state index contributed by atoms with van der Waals surface area (Å²) in [6, 6.07) is 21.0. The van der Waals surface area contributed by atoms with Crippen molar-refractivity contribution in [3.8, 4) is 41.1 Å². The van der Waals surface area contributed by atoms with Crippen molar-refractivity contribution < 1.29 is 0 Å². The van der Waals surface area contributed by atoms with E-state index in [4.69, 9.17) is 16.4 Å². The van der Waals surface area contributed by atoms with Crippen LogP contribution in [0.25, 0.3) is 33.4 Å². The normalized spacial score (nSPS) is 13.5. The molecule has 1 aliphatic rings. The lowest BCUT2D eigenvalue weighted by molar-refractivity contribution is 1.10.